The van der Waals surface area contributed by atoms with Crippen molar-refractivity contribution in [3.8, 4) is 5.75 Å². The van der Waals surface area contributed by atoms with Crippen molar-refractivity contribution in [3.05, 3.63) is 29.6 Å². The van der Waals surface area contributed by atoms with Gasteiger partial charge >= 0.3 is 0 Å². The van der Waals surface area contributed by atoms with Crippen LogP contribution in [0.3, 0.4) is 0 Å². The zero-order valence-corrected chi connectivity index (χ0v) is 10.7. The van der Waals surface area contributed by atoms with Crippen LogP contribution in [0.15, 0.2) is 18.2 Å². The minimum Gasteiger partial charge on any atom is -0.492 e. The first-order valence-corrected chi connectivity index (χ1v) is 6.46. The fourth-order valence-corrected chi connectivity index (χ4v) is 2.10. The minimum absolute atomic E-state index is 0.222. The Morgan fingerprint density at radius 2 is 2.17 bits per heavy atom. The molecule has 0 atom stereocenters. The molecule has 0 aromatic heterocycles. The molecule has 1 saturated heterocycles. The van der Waals surface area contributed by atoms with E-state index in [9.17, 15) is 4.39 Å². The van der Waals surface area contributed by atoms with Crippen molar-refractivity contribution < 1.29 is 13.9 Å². The lowest BCUT2D eigenvalue weighted by molar-refractivity contribution is 0.0770. The maximum absolute atomic E-state index is 12.9. The number of halogens is 1. The number of benzene rings is 1. The summed E-state index contributed by atoms with van der Waals surface area (Å²) in [6.45, 7) is 4.95. The van der Waals surface area contributed by atoms with E-state index in [0.717, 1.165) is 43.9 Å². The number of aryl methyl sites for hydroxylation is 1. The van der Waals surface area contributed by atoms with Crippen molar-refractivity contribution in [2.45, 2.75) is 25.8 Å². The van der Waals surface area contributed by atoms with E-state index < -0.39 is 0 Å². The number of ether oxygens (including phenoxy) is 2. The summed E-state index contributed by atoms with van der Waals surface area (Å²) in [5.41, 5.74) is 0.834. The summed E-state index contributed by atoms with van der Waals surface area (Å²) in [6, 6.07) is 5.13. The second kappa shape index (κ2) is 6.71. The second-order valence-electron chi connectivity index (χ2n) is 4.60. The Hall–Kier alpha value is -1.13. The summed E-state index contributed by atoms with van der Waals surface area (Å²) < 4.78 is 23.8. The first-order valence-electron chi connectivity index (χ1n) is 6.46. The molecular weight excluding hydrogens is 233 g/mol. The van der Waals surface area contributed by atoms with Gasteiger partial charge in [0.15, 0.2) is 0 Å². The van der Waals surface area contributed by atoms with Gasteiger partial charge in [0.05, 0.1) is 0 Å². The number of hydrogen-bond acceptors (Lipinski definition) is 3. The highest BCUT2D eigenvalue weighted by atomic mass is 19.1. The van der Waals surface area contributed by atoms with Gasteiger partial charge in [-0.05, 0) is 43.5 Å². The Morgan fingerprint density at radius 1 is 1.39 bits per heavy atom. The van der Waals surface area contributed by atoms with Crippen LogP contribution in [0.5, 0.6) is 5.75 Å². The third-order valence-corrected chi connectivity index (χ3v) is 3.15. The van der Waals surface area contributed by atoms with Crippen LogP contribution >= 0.6 is 0 Å². The Kier molecular flexibility index (Phi) is 4.96. The van der Waals surface area contributed by atoms with Crippen LogP contribution in [0.1, 0.15) is 18.4 Å². The third kappa shape index (κ3) is 3.96. The lowest BCUT2D eigenvalue weighted by Crippen LogP contribution is -2.37. The Labute approximate surface area is 107 Å². The number of rotatable bonds is 5. The first kappa shape index (κ1) is 13.3. The van der Waals surface area contributed by atoms with Crippen LogP contribution in [0.2, 0.25) is 0 Å². The van der Waals surface area contributed by atoms with Crippen molar-refractivity contribution in [3.63, 3.8) is 0 Å². The molecule has 1 N–H and O–H groups in total. The molecule has 0 amide bonds. The van der Waals surface area contributed by atoms with Crippen molar-refractivity contribution in [2.24, 2.45) is 0 Å². The minimum atomic E-state index is -0.222. The molecule has 0 unspecified atom stereocenters. The highest BCUT2D eigenvalue weighted by molar-refractivity contribution is 5.32. The van der Waals surface area contributed by atoms with Gasteiger partial charge in [-0.15, -0.1) is 0 Å². The summed E-state index contributed by atoms with van der Waals surface area (Å²) >= 11 is 0. The zero-order chi connectivity index (χ0) is 12.8. The summed E-state index contributed by atoms with van der Waals surface area (Å²) in [5, 5.41) is 3.44. The molecule has 1 aromatic rings. The van der Waals surface area contributed by atoms with Crippen LogP contribution in [-0.2, 0) is 4.74 Å². The fraction of sp³-hybridized carbons (Fsp3) is 0.571. The van der Waals surface area contributed by atoms with E-state index >= 15 is 0 Å². The summed E-state index contributed by atoms with van der Waals surface area (Å²) in [4.78, 5) is 0. The van der Waals surface area contributed by atoms with Crippen LogP contribution in [-0.4, -0.2) is 32.4 Å². The SMILES string of the molecule is Cc1cc(F)ccc1OCCNC1CCOCC1. The van der Waals surface area contributed by atoms with Crippen LogP contribution < -0.4 is 10.1 Å². The van der Waals surface area contributed by atoms with E-state index in [4.69, 9.17) is 9.47 Å². The molecule has 0 spiro atoms. The number of nitrogens with one attached hydrogen (secondary N) is 1. The smallest absolute Gasteiger partial charge is 0.123 e. The molecule has 1 fully saturated rings. The highest BCUT2D eigenvalue weighted by Gasteiger charge is 2.12. The molecule has 1 aliphatic rings. The van der Waals surface area contributed by atoms with Gasteiger partial charge in [-0.1, -0.05) is 0 Å². The Morgan fingerprint density at radius 3 is 2.89 bits per heavy atom. The molecule has 0 bridgehead atoms. The van der Waals surface area contributed by atoms with Crippen LogP contribution in [0, 0.1) is 12.7 Å². The van der Waals surface area contributed by atoms with Crippen LogP contribution in [0.25, 0.3) is 0 Å². The van der Waals surface area contributed by atoms with Crippen LogP contribution in [0.4, 0.5) is 4.39 Å². The van der Waals surface area contributed by atoms with Gasteiger partial charge in [0.1, 0.15) is 18.2 Å². The standard InChI is InChI=1S/C14H20FNO2/c1-11-10-12(15)2-3-14(11)18-9-6-16-13-4-7-17-8-5-13/h2-3,10,13,16H,4-9H2,1H3. The lowest BCUT2D eigenvalue weighted by atomic mass is 10.1. The third-order valence-electron chi connectivity index (χ3n) is 3.15. The van der Waals surface area contributed by atoms with Gasteiger partial charge in [-0.2, -0.15) is 0 Å². The van der Waals surface area contributed by atoms with Crippen molar-refractivity contribution >= 4 is 0 Å². The van der Waals surface area contributed by atoms with Gasteiger partial charge < -0.3 is 14.8 Å². The van der Waals surface area contributed by atoms with Gasteiger partial charge in [-0.3, -0.25) is 0 Å². The topological polar surface area (TPSA) is 30.5 Å². The van der Waals surface area contributed by atoms with Gasteiger partial charge in [0.25, 0.3) is 0 Å². The molecule has 0 aliphatic carbocycles. The predicted molar refractivity (Wildman–Crippen MR) is 68.5 cm³/mol. The van der Waals surface area contributed by atoms with Crippen molar-refractivity contribution in [2.75, 3.05) is 26.4 Å². The average molecular weight is 253 g/mol. The average Bonchev–Trinajstić information content (AvgIpc) is 2.38. The maximum atomic E-state index is 12.9. The van der Waals surface area contributed by atoms with E-state index in [2.05, 4.69) is 5.32 Å². The molecule has 2 rings (SSSR count). The quantitative estimate of drug-likeness (QED) is 0.817. The summed E-state index contributed by atoms with van der Waals surface area (Å²) in [5.74, 6) is 0.533. The summed E-state index contributed by atoms with van der Waals surface area (Å²) in [6.07, 6.45) is 2.13. The normalized spacial score (nSPS) is 16.8. The van der Waals surface area contributed by atoms with E-state index in [0.29, 0.717) is 12.6 Å². The van der Waals surface area contributed by atoms with E-state index in [1.807, 2.05) is 6.92 Å². The number of hydrogen-bond donors (Lipinski definition) is 1. The van der Waals surface area contributed by atoms with E-state index in [1.165, 1.54) is 12.1 Å². The molecule has 3 nitrogen and oxygen atoms in total. The molecule has 18 heavy (non-hydrogen) atoms. The molecule has 1 aliphatic heterocycles. The molecular formula is C14H20FNO2. The molecule has 100 valence electrons. The zero-order valence-electron chi connectivity index (χ0n) is 10.7. The van der Waals surface area contributed by atoms with Gasteiger partial charge in [0, 0.05) is 25.8 Å². The molecule has 4 heteroatoms. The fourth-order valence-electron chi connectivity index (χ4n) is 2.10. The molecule has 1 aromatic carbocycles. The highest BCUT2D eigenvalue weighted by Crippen LogP contribution is 2.18. The monoisotopic (exact) mass is 253 g/mol. The van der Waals surface area contributed by atoms with Gasteiger partial charge in [-0.25, -0.2) is 4.39 Å². The van der Waals surface area contributed by atoms with Crippen molar-refractivity contribution in [1.82, 2.24) is 5.32 Å². The predicted octanol–water partition coefficient (Wildman–Crippen LogP) is 2.28. The lowest BCUT2D eigenvalue weighted by Gasteiger charge is -2.23. The maximum Gasteiger partial charge on any atom is 0.123 e. The second-order valence-corrected chi connectivity index (χ2v) is 4.60. The van der Waals surface area contributed by atoms with E-state index in [-0.39, 0.29) is 5.82 Å². The van der Waals surface area contributed by atoms with Gasteiger partial charge in [0.2, 0.25) is 0 Å². The molecule has 1 heterocycles. The summed E-state index contributed by atoms with van der Waals surface area (Å²) in [7, 11) is 0. The first-order chi connectivity index (χ1) is 8.75. The van der Waals surface area contributed by atoms with Crippen molar-refractivity contribution in [1.29, 1.82) is 0 Å². The van der Waals surface area contributed by atoms with E-state index in [1.54, 1.807) is 6.07 Å². The Balaban J connectivity index is 1.68. The molecule has 0 radical (unpaired) electrons. The Bertz CT molecular complexity index is 378. The largest absolute Gasteiger partial charge is 0.492 e. The molecule has 0 saturated carbocycles.